The molecule has 0 radical (unpaired) electrons. The van der Waals surface area contributed by atoms with Gasteiger partial charge in [-0.15, -0.1) is 0 Å². The number of carbonyl (C=O) groups is 3. The summed E-state index contributed by atoms with van der Waals surface area (Å²) >= 11 is 5.95. The molecule has 1 unspecified atom stereocenters. The summed E-state index contributed by atoms with van der Waals surface area (Å²) in [7, 11) is 0. The Morgan fingerprint density at radius 2 is 1.75 bits per heavy atom. The second kappa shape index (κ2) is 6.64. The molecule has 1 aliphatic heterocycles. The number of Topliss-reactive ketones (excluding diaryl/α,β-unsaturated/α-hetero) is 3. The third kappa shape index (κ3) is 2.51. The van der Waals surface area contributed by atoms with E-state index in [1.165, 1.54) is 0 Å². The van der Waals surface area contributed by atoms with Crippen LogP contribution in [0.5, 0.6) is 0 Å². The first-order chi connectivity index (χ1) is 13.0. The molecule has 0 saturated carbocycles. The van der Waals surface area contributed by atoms with Crippen LogP contribution in [0, 0.1) is 0 Å². The molecule has 28 heavy (non-hydrogen) atoms. The number of imidazole rings is 1. The van der Waals surface area contributed by atoms with Crippen LogP contribution in [-0.2, 0) is 19.1 Å². The number of hydrogen-bond acceptors (Lipinski definition) is 10. The van der Waals surface area contributed by atoms with Crippen molar-refractivity contribution in [2.75, 3.05) is 0 Å². The fourth-order valence-electron chi connectivity index (χ4n) is 3.43. The molecule has 2 aromatic rings. The summed E-state index contributed by atoms with van der Waals surface area (Å²) in [6.07, 6.45) is -3.43. The van der Waals surface area contributed by atoms with Gasteiger partial charge in [0.05, 0.1) is 6.33 Å². The normalized spacial score (nSPS) is 31.1. The molecule has 0 amide bonds. The summed E-state index contributed by atoms with van der Waals surface area (Å²) in [6.45, 7) is 2.85. The minimum absolute atomic E-state index is 0.0183. The number of ether oxygens (including phenoxy) is 1. The van der Waals surface area contributed by atoms with Gasteiger partial charge in [0.1, 0.15) is 24.1 Å². The molecule has 2 aromatic heterocycles. The Balaban J connectivity index is 2.28. The zero-order chi connectivity index (χ0) is 21.0. The number of nitrogens with zero attached hydrogens (tertiary/aromatic N) is 4. The number of carbonyl (C=O) groups excluding carboxylic acids is 3. The van der Waals surface area contributed by atoms with Crippen molar-refractivity contribution in [3.8, 4) is 0 Å². The maximum Gasteiger partial charge on any atom is 0.206 e. The standard InChI is InChI=1S/C16H17ClN4O7/c1-6(22)10(25)11-15(26,7(2)23)16(27,8(3)24)14(28-11)21-5-20-9-12(17)18-4-19-13(9)21/h4-5,10-11,14,25-27H,1-3H3/t10?,11-,14-,15-,16+/m1/s1. The van der Waals surface area contributed by atoms with Gasteiger partial charge in [-0.2, -0.15) is 0 Å². The first kappa shape index (κ1) is 20.4. The van der Waals surface area contributed by atoms with Crippen LogP contribution in [0.15, 0.2) is 12.7 Å². The number of ketones is 3. The van der Waals surface area contributed by atoms with Crippen LogP contribution in [-0.4, -0.2) is 75.6 Å². The molecule has 5 atom stereocenters. The number of rotatable bonds is 5. The molecule has 1 saturated heterocycles. The lowest BCUT2D eigenvalue weighted by molar-refractivity contribution is -0.184. The minimum atomic E-state index is -2.91. The van der Waals surface area contributed by atoms with Gasteiger partial charge in [-0.3, -0.25) is 19.0 Å². The van der Waals surface area contributed by atoms with E-state index < -0.39 is 47.0 Å². The Bertz CT molecular complexity index is 995. The number of aromatic nitrogens is 4. The Labute approximate surface area is 162 Å². The summed E-state index contributed by atoms with van der Waals surface area (Å²) in [5.41, 5.74) is -5.62. The number of aliphatic hydroxyl groups excluding tert-OH is 1. The van der Waals surface area contributed by atoms with Crippen LogP contribution in [0.25, 0.3) is 11.2 Å². The quantitative estimate of drug-likeness (QED) is 0.517. The molecule has 150 valence electrons. The summed E-state index contributed by atoms with van der Waals surface area (Å²) in [6, 6.07) is 0. The molecule has 0 aliphatic carbocycles. The lowest BCUT2D eigenvalue weighted by Gasteiger charge is -2.37. The topological polar surface area (TPSA) is 165 Å². The van der Waals surface area contributed by atoms with E-state index in [2.05, 4.69) is 15.0 Å². The van der Waals surface area contributed by atoms with Crippen molar-refractivity contribution in [3.63, 3.8) is 0 Å². The molecule has 3 rings (SSSR count). The van der Waals surface area contributed by atoms with E-state index in [-0.39, 0.29) is 16.3 Å². The van der Waals surface area contributed by atoms with E-state index in [0.717, 1.165) is 38.0 Å². The van der Waals surface area contributed by atoms with Crippen molar-refractivity contribution >= 4 is 40.1 Å². The molecule has 0 bridgehead atoms. The maximum atomic E-state index is 12.4. The van der Waals surface area contributed by atoms with Gasteiger partial charge in [-0.05, 0) is 20.8 Å². The summed E-state index contributed by atoms with van der Waals surface area (Å²) in [5.74, 6) is -2.94. The van der Waals surface area contributed by atoms with Gasteiger partial charge >= 0.3 is 0 Å². The summed E-state index contributed by atoms with van der Waals surface area (Å²) in [4.78, 5) is 48.2. The van der Waals surface area contributed by atoms with Gasteiger partial charge in [0.15, 0.2) is 40.0 Å². The molecule has 0 aromatic carbocycles. The highest BCUT2D eigenvalue weighted by Crippen LogP contribution is 2.48. The predicted octanol–water partition coefficient (Wildman–Crippen LogP) is -1.03. The SMILES string of the molecule is CC(=O)C(O)[C@H]1O[C@@H](n2cnc3c(Cl)ncnc32)[C@@](O)(C(C)=O)[C@@]1(O)C(C)=O. The molecule has 3 heterocycles. The van der Waals surface area contributed by atoms with Crippen LogP contribution in [0.3, 0.4) is 0 Å². The van der Waals surface area contributed by atoms with Crippen LogP contribution < -0.4 is 0 Å². The Kier molecular flexibility index (Phi) is 4.84. The highest BCUT2D eigenvalue weighted by atomic mass is 35.5. The lowest BCUT2D eigenvalue weighted by Crippen LogP contribution is -2.67. The smallest absolute Gasteiger partial charge is 0.206 e. The molecule has 0 spiro atoms. The molecule has 11 nitrogen and oxygen atoms in total. The average Bonchev–Trinajstić information content (AvgIpc) is 3.14. The maximum absolute atomic E-state index is 12.4. The van der Waals surface area contributed by atoms with E-state index in [1.54, 1.807) is 0 Å². The van der Waals surface area contributed by atoms with Crippen LogP contribution in [0.4, 0.5) is 0 Å². The predicted molar refractivity (Wildman–Crippen MR) is 92.2 cm³/mol. The van der Waals surface area contributed by atoms with Gasteiger partial charge < -0.3 is 20.1 Å². The van der Waals surface area contributed by atoms with E-state index in [4.69, 9.17) is 16.3 Å². The van der Waals surface area contributed by atoms with E-state index in [0.29, 0.717) is 0 Å². The highest BCUT2D eigenvalue weighted by molar-refractivity contribution is 6.33. The number of fused-ring (bicyclic) bond motifs is 1. The first-order valence-corrected chi connectivity index (χ1v) is 8.49. The third-order valence-electron chi connectivity index (χ3n) is 4.97. The number of hydrogen-bond donors (Lipinski definition) is 3. The molecular weight excluding hydrogens is 396 g/mol. The van der Waals surface area contributed by atoms with Gasteiger partial charge in [-0.25, -0.2) is 15.0 Å². The Morgan fingerprint density at radius 1 is 1.14 bits per heavy atom. The second-order valence-corrected chi connectivity index (χ2v) is 6.96. The third-order valence-corrected chi connectivity index (χ3v) is 5.25. The highest BCUT2D eigenvalue weighted by Gasteiger charge is 2.73. The molecule has 1 fully saturated rings. The lowest BCUT2D eigenvalue weighted by atomic mass is 9.73. The largest absolute Gasteiger partial charge is 0.382 e. The molecular formula is C16H17ClN4O7. The van der Waals surface area contributed by atoms with Gasteiger partial charge in [-0.1, -0.05) is 11.6 Å². The van der Waals surface area contributed by atoms with Gasteiger partial charge in [0.25, 0.3) is 0 Å². The monoisotopic (exact) mass is 412 g/mol. The zero-order valence-electron chi connectivity index (χ0n) is 15.0. The average molecular weight is 413 g/mol. The molecule has 1 aliphatic rings. The van der Waals surface area contributed by atoms with Crippen LogP contribution in [0.2, 0.25) is 5.15 Å². The van der Waals surface area contributed by atoms with Crippen molar-refractivity contribution in [1.82, 2.24) is 19.5 Å². The van der Waals surface area contributed by atoms with E-state index >= 15 is 0 Å². The summed E-state index contributed by atoms with van der Waals surface area (Å²) in [5, 5.41) is 32.5. The van der Waals surface area contributed by atoms with E-state index in [9.17, 15) is 29.7 Å². The molecule has 3 N–H and O–H groups in total. The van der Waals surface area contributed by atoms with Crippen molar-refractivity contribution in [2.24, 2.45) is 0 Å². The second-order valence-electron chi connectivity index (χ2n) is 6.60. The van der Waals surface area contributed by atoms with Crippen LogP contribution in [0.1, 0.15) is 27.0 Å². The Morgan fingerprint density at radius 3 is 2.29 bits per heavy atom. The number of halogens is 1. The van der Waals surface area contributed by atoms with Crippen molar-refractivity contribution < 1.29 is 34.4 Å². The van der Waals surface area contributed by atoms with E-state index in [1.807, 2.05) is 0 Å². The van der Waals surface area contributed by atoms with Crippen molar-refractivity contribution in [3.05, 3.63) is 17.8 Å². The van der Waals surface area contributed by atoms with Gasteiger partial charge in [0.2, 0.25) is 5.60 Å². The zero-order valence-corrected chi connectivity index (χ0v) is 15.8. The Hall–Kier alpha value is -2.31. The number of aliphatic hydroxyl groups is 3. The van der Waals surface area contributed by atoms with Crippen LogP contribution >= 0.6 is 11.6 Å². The molecule has 12 heteroatoms. The van der Waals surface area contributed by atoms with Gasteiger partial charge in [0, 0.05) is 0 Å². The van der Waals surface area contributed by atoms with Crippen molar-refractivity contribution in [1.29, 1.82) is 0 Å². The minimum Gasteiger partial charge on any atom is -0.382 e. The summed E-state index contributed by atoms with van der Waals surface area (Å²) < 4.78 is 6.61. The van der Waals surface area contributed by atoms with Crippen molar-refractivity contribution in [2.45, 2.75) is 50.4 Å². The fourth-order valence-corrected chi connectivity index (χ4v) is 3.61. The fraction of sp³-hybridized carbons (Fsp3) is 0.500. The first-order valence-electron chi connectivity index (χ1n) is 8.11.